The molecule has 0 saturated heterocycles. The molecule has 0 unspecified atom stereocenters. The van der Waals surface area contributed by atoms with E-state index in [0.717, 1.165) is 5.56 Å². The zero-order valence-electron chi connectivity index (χ0n) is 7.70. The van der Waals surface area contributed by atoms with Crippen molar-refractivity contribution in [1.82, 2.24) is 5.32 Å². The molecule has 2 aromatic heterocycles. The van der Waals surface area contributed by atoms with Crippen LogP contribution in [0.25, 0.3) is 0 Å². The minimum absolute atomic E-state index is 0.137. The minimum Gasteiger partial charge on any atom is -0.457 e. The molecule has 0 aliphatic carbocycles. The number of furan rings is 1. The normalized spacial score (nSPS) is 10.2. The Labute approximate surface area is 99.2 Å². The van der Waals surface area contributed by atoms with E-state index in [4.69, 9.17) is 4.42 Å². The minimum atomic E-state index is -0.137. The Morgan fingerprint density at radius 2 is 2.40 bits per heavy atom. The number of nitrogens with one attached hydrogen (secondary N) is 1. The van der Waals surface area contributed by atoms with Crippen molar-refractivity contribution in [2.24, 2.45) is 0 Å². The molecule has 0 saturated carbocycles. The van der Waals surface area contributed by atoms with Gasteiger partial charge in [0.25, 0.3) is 5.91 Å². The van der Waals surface area contributed by atoms with Gasteiger partial charge >= 0.3 is 0 Å². The fraction of sp³-hybridized carbons (Fsp3) is 0.100. The molecule has 0 aliphatic rings. The predicted molar refractivity (Wildman–Crippen MR) is 61.9 cm³/mol. The number of thiophene rings is 1. The molecule has 15 heavy (non-hydrogen) atoms. The molecule has 0 bridgehead atoms. The van der Waals surface area contributed by atoms with Crippen LogP contribution in [0.2, 0.25) is 0 Å². The third-order valence-corrected chi connectivity index (χ3v) is 3.24. The number of halogens is 1. The second-order valence-electron chi connectivity index (χ2n) is 2.92. The lowest BCUT2D eigenvalue weighted by atomic mass is 10.3. The van der Waals surface area contributed by atoms with E-state index in [9.17, 15) is 4.79 Å². The summed E-state index contributed by atoms with van der Waals surface area (Å²) in [6, 6.07) is 3.61. The molecule has 0 fully saturated rings. The number of carbonyl (C=O) groups excluding carboxylic acids is 1. The third kappa shape index (κ3) is 2.49. The first-order valence-corrected chi connectivity index (χ1v) is 6.03. The monoisotopic (exact) mass is 285 g/mol. The maximum Gasteiger partial charge on any atom is 0.256 e. The third-order valence-electron chi connectivity index (χ3n) is 1.90. The fourth-order valence-electron chi connectivity index (χ4n) is 1.13. The first kappa shape index (κ1) is 10.4. The van der Waals surface area contributed by atoms with Crippen LogP contribution < -0.4 is 5.32 Å². The molecule has 5 heteroatoms. The molecule has 0 atom stereocenters. The van der Waals surface area contributed by atoms with Crippen molar-refractivity contribution in [2.45, 2.75) is 6.54 Å². The van der Waals surface area contributed by atoms with Crippen LogP contribution in [0.3, 0.4) is 0 Å². The molecular weight excluding hydrogens is 278 g/mol. The van der Waals surface area contributed by atoms with Gasteiger partial charge in [-0.2, -0.15) is 11.3 Å². The molecule has 78 valence electrons. The number of hydrogen-bond acceptors (Lipinski definition) is 3. The molecule has 0 radical (unpaired) electrons. The largest absolute Gasteiger partial charge is 0.457 e. The summed E-state index contributed by atoms with van der Waals surface area (Å²) in [5.74, 6) is -0.137. The molecule has 2 rings (SSSR count). The van der Waals surface area contributed by atoms with Crippen LogP contribution in [-0.4, -0.2) is 5.91 Å². The van der Waals surface area contributed by atoms with E-state index in [1.165, 1.54) is 6.26 Å². The smallest absolute Gasteiger partial charge is 0.256 e. The van der Waals surface area contributed by atoms with Crippen molar-refractivity contribution in [3.05, 3.63) is 45.0 Å². The van der Waals surface area contributed by atoms with Crippen LogP contribution in [0.5, 0.6) is 0 Å². The Bertz CT molecular complexity index is 450. The van der Waals surface area contributed by atoms with Crippen molar-refractivity contribution in [3.8, 4) is 0 Å². The van der Waals surface area contributed by atoms with Crippen molar-refractivity contribution >= 4 is 33.2 Å². The van der Waals surface area contributed by atoms with Gasteiger partial charge in [0.2, 0.25) is 0 Å². The van der Waals surface area contributed by atoms with E-state index in [1.807, 2.05) is 16.8 Å². The average molecular weight is 286 g/mol. The van der Waals surface area contributed by atoms with Gasteiger partial charge in [-0.3, -0.25) is 4.79 Å². The SMILES string of the molecule is O=C(NCc1ccsc1)c1ccoc1Br. The predicted octanol–water partition coefficient (Wildman–Crippen LogP) is 3.03. The van der Waals surface area contributed by atoms with Crippen LogP contribution >= 0.6 is 27.3 Å². The van der Waals surface area contributed by atoms with E-state index in [0.29, 0.717) is 16.8 Å². The van der Waals surface area contributed by atoms with Crippen LogP contribution in [0.4, 0.5) is 0 Å². The number of carbonyl (C=O) groups is 1. The summed E-state index contributed by atoms with van der Waals surface area (Å²) in [6.45, 7) is 0.542. The van der Waals surface area contributed by atoms with Gasteiger partial charge in [0, 0.05) is 6.54 Å². The molecule has 0 aromatic carbocycles. The first-order valence-electron chi connectivity index (χ1n) is 4.29. The molecule has 0 aliphatic heterocycles. The molecule has 1 N–H and O–H groups in total. The maximum absolute atomic E-state index is 11.6. The Kier molecular flexibility index (Phi) is 3.23. The molecule has 2 aromatic rings. The molecule has 2 heterocycles. The second-order valence-corrected chi connectivity index (χ2v) is 4.42. The Morgan fingerprint density at radius 1 is 1.53 bits per heavy atom. The summed E-state index contributed by atoms with van der Waals surface area (Å²) >= 11 is 4.77. The maximum atomic E-state index is 11.6. The average Bonchev–Trinajstić information content (AvgIpc) is 2.84. The quantitative estimate of drug-likeness (QED) is 0.942. The summed E-state index contributed by atoms with van der Waals surface area (Å²) in [7, 11) is 0. The molecular formula is C10H8BrNO2S. The van der Waals surface area contributed by atoms with Crippen LogP contribution in [0, 0.1) is 0 Å². The molecule has 1 amide bonds. The zero-order valence-corrected chi connectivity index (χ0v) is 10.1. The summed E-state index contributed by atoms with van der Waals surface area (Å²) < 4.78 is 5.44. The van der Waals surface area contributed by atoms with Crippen LogP contribution in [-0.2, 0) is 6.54 Å². The summed E-state index contributed by atoms with van der Waals surface area (Å²) in [5, 5.41) is 6.79. The summed E-state index contributed by atoms with van der Waals surface area (Å²) in [5.41, 5.74) is 1.62. The fourth-order valence-corrected chi connectivity index (χ4v) is 2.22. The Morgan fingerprint density at radius 3 is 3.00 bits per heavy atom. The van der Waals surface area contributed by atoms with Crippen LogP contribution in [0.1, 0.15) is 15.9 Å². The Balaban J connectivity index is 1.96. The highest BCUT2D eigenvalue weighted by Gasteiger charge is 2.11. The number of rotatable bonds is 3. The van der Waals surface area contributed by atoms with Gasteiger partial charge in [-0.15, -0.1) is 0 Å². The zero-order chi connectivity index (χ0) is 10.7. The van der Waals surface area contributed by atoms with Crippen molar-refractivity contribution in [3.63, 3.8) is 0 Å². The lowest BCUT2D eigenvalue weighted by Gasteiger charge is -2.01. The van der Waals surface area contributed by atoms with Gasteiger partial charge in [0.1, 0.15) is 0 Å². The van der Waals surface area contributed by atoms with Gasteiger partial charge in [-0.05, 0) is 44.4 Å². The van der Waals surface area contributed by atoms with E-state index >= 15 is 0 Å². The summed E-state index contributed by atoms with van der Waals surface area (Å²) in [6.07, 6.45) is 1.48. The Hall–Kier alpha value is -1.07. The van der Waals surface area contributed by atoms with Gasteiger partial charge < -0.3 is 9.73 Å². The van der Waals surface area contributed by atoms with Gasteiger partial charge in [0.05, 0.1) is 11.8 Å². The lowest BCUT2D eigenvalue weighted by molar-refractivity contribution is 0.0949. The highest BCUT2D eigenvalue weighted by Crippen LogP contribution is 2.17. The standard InChI is InChI=1S/C10H8BrNO2S/c11-9-8(1-3-14-9)10(13)12-5-7-2-4-15-6-7/h1-4,6H,5H2,(H,12,13). The first-order chi connectivity index (χ1) is 7.27. The number of hydrogen-bond donors (Lipinski definition) is 1. The highest BCUT2D eigenvalue weighted by atomic mass is 79.9. The summed E-state index contributed by atoms with van der Waals surface area (Å²) in [4.78, 5) is 11.6. The lowest BCUT2D eigenvalue weighted by Crippen LogP contribution is -2.22. The van der Waals surface area contributed by atoms with Gasteiger partial charge in [-0.1, -0.05) is 0 Å². The van der Waals surface area contributed by atoms with Gasteiger partial charge in [0.15, 0.2) is 4.67 Å². The van der Waals surface area contributed by atoms with Gasteiger partial charge in [-0.25, -0.2) is 0 Å². The van der Waals surface area contributed by atoms with Crippen molar-refractivity contribution in [2.75, 3.05) is 0 Å². The van der Waals surface area contributed by atoms with Crippen molar-refractivity contribution in [1.29, 1.82) is 0 Å². The van der Waals surface area contributed by atoms with Crippen molar-refractivity contribution < 1.29 is 9.21 Å². The van der Waals surface area contributed by atoms with Crippen LogP contribution in [0.15, 0.2) is 38.2 Å². The van der Waals surface area contributed by atoms with E-state index in [1.54, 1.807) is 17.4 Å². The highest BCUT2D eigenvalue weighted by molar-refractivity contribution is 9.10. The van der Waals surface area contributed by atoms with E-state index < -0.39 is 0 Å². The van der Waals surface area contributed by atoms with E-state index in [2.05, 4.69) is 21.2 Å². The molecule has 3 nitrogen and oxygen atoms in total. The molecule has 0 spiro atoms. The van der Waals surface area contributed by atoms with E-state index in [-0.39, 0.29) is 5.91 Å². The second kappa shape index (κ2) is 4.63. The topological polar surface area (TPSA) is 42.2 Å². The number of amides is 1.